The van der Waals surface area contributed by atoms with E-state index in [0.717, 1.165) is 28.1 Å². The number of nitrogens with zero attached hydrogens (tertiary/aromatic N) is 1. The van der Waals surface area contributed by atoms with Crippen LogP contribution in [0.1, 0.15) is 5.56 Å². The summed E-state index contributed by atoms with van der Waals surface area (Å²) in [6, 6.07) is 25.9. The maximum absolute atomic E-state index is 12.2. The minimum atomic E-state index is -0.302. The summed E-state index contributed by atoms with van der Waals surface area (Å²) in [7, 11) is 0. The first-order valence-electron chi connectivity index (χ1n) is 8.93. The molecule has 3 aromatic carbocycles. The normalized spacial score (nSPS) is 10.5. The van der Waals surface area contributed by atoms with Gasteiger partial charge in [0.25, 0.3) is 0 Å². The largest absolute Gasteiger partial charge is 0.325 e. The number of nitrogens with one attached hydrogen (secondary N) is 2. The molecule has 0 radical (unpaired) electrons. The summed E-state index contributed by atoms with van der Waals surface area (Å²) in [5, 5.41) is 8.10. The summed E-state index contributed by atoms with van der Waals surface area (Å²) in [5.41, 5.74) is 6.10. The molecule has 0 aliphatic carbocycles. The van der Waals surface area contributed by atoms with Gasteiger partial charge in [0.15, 0.2) is 5.13 Å². The van der Waals surface area contributed by atoms with Crippen molar-refractivity contribution in [2.45, 2.75) is 6.92 Å². The Morgan fingerprint density at radius 1 is 0.786 bits per heavy atom. The Bertz CT molecular complexity index is 1070. The zero-order chi connectivity index (χ0) is 19.3. The van der Waals surface area contributed by atoms with Crippen molar-refractivity contribution >= 4 is 28.2 Å². The van der Waals surface area contributed by atoms with E-state index in [9.17, 15) is 4.79 Å². The van der Waals surface area contributed by atoms with Crippen molar-refractivity contribution in [1.29, 1.82) is 0 Å². The fourth-order valence-electron chi connectivity index (χ4n) is 2.82. The van der Waals surface area contributed by atoms with Crippen LogP contribution in [0.3, 0.4) is 0 Å². The summed E-state index contributed by atoms with van der Waals surface area (Å²) >= 11 is 1.40. The Labute approximate surface area is 167 Å². The number of rotatable bonds is 4. The number of carbonyl (C=O) groups excluding carboxylic acids is 1. The first-order chi connectivity index (χ1) is 13.7. The first-order valence-corrected chi connectivity index (χ1v) is 9.81. The van der Waals surface area contributed by atoms with Gasteiger partial charge in [-0.3, -0.25) is 5.32 Å². The smallest absolute Gasteiger partial charge is 0.308 e. The number of thiazole rings is 1. The summed E-state index contributed by atoms with van der Waals surface area (Å²) in [6.07, 6.45) is 0. The topological polar surface area (TPSA) is 54.0 Å². The number of hydrogen-bond acceptors (Lipinski definition) is 3. The van der Waals surface area contributed by atoms with Crippen LogP contribution in [0.25, 0.3) is 22.4 Å². The van der Waals surface area contributed by atoms with Crippen LogP contribution in [0.5, 0.6) is 0 Å². The summed E-state index contributed by atoms with van der Waals surface area (Å²) < 4.78 is 0. The van der Waals surface area contributed by atoms with Crippen molar-refractivity contribution < 1.29 is 4.79 Å². The van der Waals surface area contributed by atoms with Gasteiger partial charge < -0.3 is 5.32 Å². The molecular formula is C23H19N3OS. The summed E-state index contributed by atoms with van der Waals surface area (Å²) in [4.78, 5) is 16.7. The van der Waals surface area contributed by atoms with Gasteiger partial charge in [-0.1, -0.05) is 72.3 Å². The first kappa shape index (κ1) is 17.9. The highest BCUT2D eigenvalue weighted by atomic mass is 32.1. The van der Waals surface area contributed by atoms with Gasteiger partial charge >= 0.3 is 6.03 Å². The lowest BCUT2D eigenvalue weighted by Crippen LogP contribution is -2.19. The maximum atomic E-state index is 12.2. The molecule has 0 aliphatic rings. The molecule has 2 amide bonds. The second kappa shape index (κ2) is 8.06. The molecule has 28 heavy (non-hydrogen) atoms. The molecule has 0 saturated heterocycles. The van der Waals surface area contributed by atoms with Crippen LogP contribution in [0.4, 0.5) is 15.6 Å². The minimum absolute atomic E-state index is 0.302. The van der Waals surface area contributed by atoms with Gasteiger partial charge in [-0.25, -0.2) is 9.78 Å². The minimum Gasteiger partial charge on any atom is -0.308 e. The third-order valence-electron chi connectivity index (χ3n) is 4.32. The molecule has 1 aromatic heterocycles. The summed E-state index contributed by atoms with van der Waals surface area (Å²) in [6.45, 7) is 2.01. The zero-order valence-corrected chi connectivity index (χ0v) is 16.2. The maximum Gasteiger partial charge on any atom is 0.325 e. The second-order valence-corrected chi connectivity index (χ2v) is 7.28. The van der Waals surface area contributed by atoms with Gasteiger partial charge in [0.1, 0.15) is 0 Å². The Morgan fingerprint density at radius 2 is 1.43 bits per heavy atom. The third kappa shape index (κ3) is 4.27. The number of aromatic nitrogens is 1. The van der Waals surface area contributed by atoms with Crippen LogP contribution in [-0.4, -0.2) is 11.0 Å². The Morgan fingerprint density at radius 3 is 2.14 bits per heavy atom. The fraction of sp³-hybridized carbons (Fsp3) is 0.0435. The molecule has 4 aromatic rings. The summed E-state index contributed by atoms with van der Waals surface area (Å²) in [5.74, 6) is 0. The average Bonchev–Trinajstić information content (AvgIpc) is 3.19. The lowest BCUT2D eigenvalue weighted by molar-refractivity contribution is 0.262. The monoisotopic (exact) mass is 385 g/mol. The van der Waals surface area contributed by atoms with E-state index in [1.165, 1.54) is 16.9 Å². The predicted molar refractivity (Wildman–Crippen MR) is 117 cm³/mol. The molecule has 2 N–H and O–H groups in total. The number of benzene rings is 3. The Kier molecular flexibility index (Phi) is 5.17. The number of aryl methyl sites for hydroxylation is 1. The molecule has 0 atom stereocenters. The van der Waals surface area contributed by atoms with Crippen LogP contribution in [0.2, 0.25) is 0 Å². The second-order valence-electron chi connectivity index (χ2n) is 6.43. The number of amides is 2. The van der Waals surface area contributed by atoms with Crippen molar-refractivity contribution in [1.82, 2.24) is 4.98 Å². The predicted octanol–water partition coefficient (Wildman–Crippen LogP) is 6.43. The van der Waals surface area contributed by atoms with E-state index in [1.54, 1.807) is 0 Å². The zero-order valence-electron chi connectivity index (χ0n) is 15.3. The SMILES string of the molecule is Cc1ccc(NC(=O)Nc2nc(-c3ccc(-c4ccccc4)cc3)cs2)cc1. The molecular weight excluding hydrogens is 366 g/mol. The molecule has 4 rings (SSSR count). The average molecular weight is 385 g/mol. The van der Waals surface area contributed by atoms with Crippen molar-refractivity contribution in [3.8, 4) is 22.4 Å². The molecule has 0 unspecified atom stereocenters. The Balaban J connectivity index is 1.42. The quantitative estimate of drug-likeness (QED) is 0.425. The molecule has 0 bridgehead atoms. The molecule has 0 fully saturated rings. The molecule has 0 spiro atoms. The van der Waals surface area contributed by atoms with Crippen LogP contribution in [-0.2, 0) is 0 Å². The molecule has 1 heterocycles. The lowest BCUT2D eigenvalue weighted by Gasteiger charge is -2.05. The molecule has 0 saturated carbocycles. The molecule has 5 heteroatoms. The van der Waals surface area contributed by atoms with Crippen molar-refractivity contribution in [3.63, 3.8) is 0 Å². The van der Waals surface area contributed by atoms with Crippen LogP contribution < -0.4 is 10.6 Å². The van der Waals surface area contributed by atoms with E-state index in [0.29, 0.717) is 5.13 Å². The molecule has 4 nitrogen and oxygen atoms in total. The highest BCUT2D eigenvalue weighted by molar-refractivity contribution is 7.14. The van der Waals surface area contributed by atoms with Crippen LogP contribution in [0, 0.1) is 6.92 Å². The number of carbonyl (C=O) groups is 1. The third-order valence-corrected chi connectivity index (χ3v) is 5.08. The van der Waals surface area contributed by atoms with Gasteiger partial charge in [0.05, 0.1) is 5.69 Å². The van der Waals surface area contributed by atoms with Crippen molar-refractivity contribution in [3.05, 3.63) is 89.8 Å². The van der Waals surface area contributed by atoms with E-state index in [-0.39, 0.29) is 6.03 Å². The van der Waals surface area contributed by atoms with Gasteiger partial charge in [-0.15, -0.1) is 11.3 Å². The van der Waals surface area contributed by atoms with Gasteiger partial charge in [0, 0.05) is 16.6 Å². The number of hydrogen-bond donors (Lipinski definition) is 2. The van der Waals surface area contributed by atoms with Crippen LogP contribution in [0.15, 0.2) is 84.2 Å². The standard InChI is InChI=1S/C23H19N3OS/c1-16-7-13-20(14-8-16)24-22(27)26-23-25-21(15-28-23)19-11-9-18(10-12-19)17-5-3-2-4-6-17/h2-15H,1H3,(H2,24,25,26,27). The fourth-order valence-corrected chi connectivity index (χ4v) is 3.54. The van der Waals surface area contributed by atoms with Gasteiger partial charge in [-0.2, -0.15) is 0 Å². The lowest BCUT2D eigenvalue weighted by atomic mass is 10.0. The van der Waals surface area contributed by atoms with E-state index >= 15 is 0 Å². The number of urea groups is 1. The van der Waals surface area contributed by atoms with Crippen molar-refractivity contribution in [2.24, 2.45) is 0 Å². The van der Waals surface area contributed by atoms with E-state index in [1.807, 2.05) is 66.9 Å². The Hall–Kier alpha value is -3.44. The van der Waals surface area contributed by atoms with Gasteiger partial charge in [-0.05, 0) is 30.2 Å². The van der Waals surface area contributed by atoms with Crippen LogP contribution >= 0.6 is 11.3 Å². The molecule has 0 aliphatic heterocycles. The van der Waals surface area contributed by atoms with Crippen molar-refractivity contribution in [2.75, 3.05) is 10.6 Å². The van der Waals surface area contributed by atoms with E-state index in [2.05, 4.69) is 39.9 Å². The van der Waals surface area contributed by atoms with E-state index < -0.39 is 0 Å². The highest BCUT2D eigenvalue weighted by Gasteiger charge is 2.08. The van der Waals surface area contributed by atoms with E-state index in [4.69, 9.17) is 0 Å². The highest BCUT2D eigenvalue weighted by Crippen LogP contribution is 2.27. The number of anilines is 2. The molecule has 138 valence electrons. The van der Waals surface area contributed by atoms with Gasteiger partial charge in [0.2, 0.25) is 0 Å².